The monoisotopic (exact) mass is 300 g/mol. The van der Waals surface area contributed by atoms with Crippen LogP contribution in [0.4, 0.5) is 13.6 Å². The van der Waals surface area contributed by atoms with Crippen LogP contribution in [0.15, 0.2) is 18.2 Å². The van der Waals surface area contributed by atoms with Crippen LogP contribution < -0.4 is 10.6 Å². The Kier molecular flexibility index (Phi) is 5.23. The van der Waals surface area contributed by atoms with Crippen LogP contribution in [0.1, 0.15) is 26.3 Å². The number of amides is 2. The summed E-state index contributed by atoms with van der Waals surface area (Å²) in [5.41, 5.74) is -0.708. The molecule has 0 aliphatic carbocycles. The van der Waals surface area contributed by atoms with Gasteiger partial charge in [-0.1, -0.05) is 20.8 Å². The van der Waals surface area contributed by atoms with Gasteiger partial charge in [-0.3, -0.25) is 0 Å². The average molecular weight is 300 g/mol. The summed E-state index contributed by atoms with van der Waals surface area (Å²) < 4.78 is 26.3. The lowest BCUT2D eigenvalue weighted by Gasteiger charge is -2.27. The van der Waals surface area contributed by atoms with E-state index in [0.717, 1.165) is 18.2 Å². The quantitative estimate of drug-likeness (QED) is 0.798. The molecule has 0 saturated heterocycles. The Morgan fingerprint density at radius 1 is 1.29 bits per heavy atom. The predicted molar refractivity (Wildman–Crippen MR) is 72.6 cm³/mol. The molecular formula is C14H18F2N2O3. The number of rotatable bonds is 4. The van der Waals surface area contributed by atoms with Crippen molar-refractivity contribution in [2.24, 2.45) is 5.41 Å². The van der Waals surface area contributed by atoms with Gasteiger partial charge < -0.3 is 15.7 Å². The Bertz CT molecular complexity index is 542. The molecule has 1 unspecified atom stereocenters. The van der Waals surface area contributed by atoms with Crippen molar-refractivity contribution >= 4 is 12.0 Å². The maximum Gasteiger partial charge on any atom is 0.326 e. The number of aliphatic carboxylic acids is 1. The molecule has 1 rings (SSSR count). The summed E-state index contributed by atoms with van der Waals surface area (Å²) >= 11 is 0. The van der Waals surface area contributed by atoms with Gasteiger partial charge in [0.05, 0.1) is 0 Å². The third kappa shape index (κ3) is 5.02. The molecule has 0 heterocycles. The lowest BCUT2D eigenvalue weighted by atomic mass is 9.87. The zero-order valence-electron chi connectivity index (χ0n) is 12.0. The standard InChI is InChI=1S/C14H18F2N2O3/c1-14(2,3)11(12(19)20)18-13(21)17-7-8-6-9(15)4-5-10(8)16/h4-6,11H,7H2,1-3H3,(H,19,20)(H2,17,18,21). The van der Waals surface area contributed by atoms with Gasteiger partial charge in [0.1, 0.15) is 17.7 Å². The Morgan fingerprint density at radius 2 is 1.90 bits per heavy atom. The number of hydrogen-bond acceptors (Lipinski definition) is 2. The van der Waals surface area contributed by atoms with Crippen molar-refractivity contribution in [1.29, 1.82) is 0 Å². The second-order valence-corrected chi connectivity index (χ2v) is 5.70. The molecule has 0 fully saturated rings. The van der Waals surface area contributed by atoms with Gasteiger partial charge in [0.25, 0.3) is 0 Å². The van der Waals surface area contributed by atoms with Crippen molar-refractivity contribution in [2.75, 3.05) is 0 Å². The second kappa shape index (κ2) is 6.51. The highest BCUT2D eigenvalue weighted by Gasteiger charge is 2.32. The molecule has 0 bridgehead atoms. The third-order valence-electron chi connectivity index (χ3n) is 2.84. The largest absolute Gasteiger partial charge is 0.480 e. The molecule has 1 aromatic carbocycles. The first-order valence-electron chi connectivity index (χ1n) is 6.32. The molecule has 0 spiro atoms. The molecule has 2 amide bonds. The van der Waals surface area contributed by atoms with E-state index in [1.807, 2.05) is 0 Å². The smallest absolute Gasteiger partial charge is 0.326 e. The van der Waals surface area contributed by atoms with Crippen LogP contribution in [0.3, 0.4) is 0 Å². The van der Waals surface area contributed by atoms with Gasteiger partial charge in [0.2, 0.25) is 0 Å². The highest BCUT2D eigenvalue weighted by atomic mass is 19.1. The zero-order chi connectivity index (χ0) is 16.2. The number of carbonyl (C=O) groups excluding carboxylic acids is 1. The lowest BCUT2D eigenvalue weighted by molar-refractivity contribution is -0.141. The number of nitrogens with one attached hydrogen (secondary N) is 2. The summed E-state index contributed by atoms with van der Waals surface area (Å²) in [5.74, 6) is -2.44. The van der Waals surface area contributed by atoms with Gasteiger partial charge in [0, 0.05) is 12.1 Å². The topological polar surface area (TPSA) is 78.4 Å². The fraction of sp³-hybridized carbons (Fsp3) is 0.429. The molecule has 0 aromatic heterocycles. The fourth-order valence-electron chi connectivity index (χ4n) is 1.69. The van der Waals surface area contributed by atoms with Crippen molar-refractivity contribution in [2.45, 2.75) is 33.4 Å². The van der Waals surface area contributed by atoms with Crippen LogP contribution in [0.2, 0.25) is 0 Å². The normalized spacial score (nSPS) is 12.6. The SMILES string of the molecule is CC(C)(C)C(NC(=O)NCc1cc(F)ccc1F)C(=O)O. The van der Waals surface area contributed by atoms with E-state index in [0.29, 0.717) is 0 Å². The molecule has 116 valence electrons. The molecular weight excluding hydrogens is 282 g/mol. The van der Waals surface area contributed by atoms with Gasteiger partial charge in [-0.25, -0.2) is 18.4 Å². The average Bonchev–Trinajstić information content (AvgIpc) is 2.35. The number of carboxylic acid groups (broad SMARTS) is 1. The maximum absolute atomic E-state index is 13.4. The fourth-order valence-corrected chi connectivity index (χ4v) is 1.69. The van der Waals surface area contributed by atoms with E-state index >= 15 is 0 Å². The molecule has 21 heavy (non-hydrogen) atoms. The van der Waals surface area contributed by atoms with E-state index < -0.39 is 35.1 Å². The molecule has 0 saturated carbocycles. The van der Waals surface area contributed by atoms with Crippen molar-refractivity contribution in [1.82, 2.24) is 10.6 Å². The van der Waals surface area contributed by atoms with Crippen molar-refractivity contribution in [3.8, 4) is 0 Å². The number of urea groups is 1. The van der Waals surface area contributed by atoms with E-state index in [1.54, 1.807) is 20.8 Å². The molecule has 3 N–H and O–H groups in total. The molecule has 1 aromatic rings. The number of carbonyl (C=O) groups is 2. The summed E-state index contributed by atoms with van der Waals surface area (Å²) in [6, 6.07) is 1.03. The highest BCUT2D eigenvalue weighted by molar-refractivity contribution is 5.83. The Morgan fingerprint density at radius 3 is 2.43 bits per heavy atom. The summed E-state index contributed by atoms with van der Waals surface area (Å²) in [6.07, 6.45) is 0. The minimum absolute atomic E-state index is 0.0206. The maximum atomic E-state index is 13.4. The minimum atomic E-state index is -1.17. The summed E-state index contributed by atoms with van der Waals surface area (Å²) in [6.45, 7) is 4.75. The first kappa shape index (κ1) is 16.9. The van der Waals surface area contributed by atoms with Crippen LogP contribution in [0.25, 0.3) is 0 Å². The lowest BCUT2D eigenvalue weighted by Crippen LogP contribution is -2.52. The van der Waals surface area contributed by atoms with E-state index in [9.17, 15) is 18.4 Å². The van der Waals surface area contributed by atoms with Gasteiger partial charge in [-0.15, -0.1) is 0 Å². The number of benzene rings is 1. The van der Waals surface area contributed by atoms with Gasteiger partial charge in [-0.05, 0) is 23.6 Å². The number of hydrogen-bond donors (Lipinski definition) is 3. The Labute approximate surface area is 121 Å². The molecule has 7 heteroatoms. The summed E-state index contributed by atoms with van der Waals surface area (Å²) in [5, 5.41) is 13.7. The second-order valence-electron chi connectivity index (χ2n) is 5.70. The van der Waals surface area contributed by atoms with E-state index in [1.165, 1.54) is 0 Å². The predicted octanol–water partition coefficient (Wildman–Crippen LogP) is 2.26. The molecule has 5 nitrogen and oxygen atoms in total. The van der Waals surface area contributed by atoms with Crippen molar-refractivity contribution < 1.29 is 23.5 Å². The summed E-state index contributed by atoms with van der Waals surface area (Å²) in [4.78, 5) is 22.8. The Balaban J connectivity index is 2.65. The molecule has 0 aliphatic rings. The van der Waals surface area contributed by atoms with Crippen LogP contribution in [-0.2, 0) is 11.3 Å². The van der Waals surface area contributed by atoms with Crippen molar-refractivity contribution in [3.63, 3.8) is 0 Å². The highest BCUT2D eigenvalue weighted by Crippen LogP contribution is 2.19. The zero-order valence-corrected chi connectivity index (χ0v) is 12.0. The third-order valence-corrected chi connectivity index (χ3v) is 2.84. The van der Waals surface area contributed by atoms with Crippen LogP contribution in [0.5, 0.6) is 0 Å². The van der Waals surface area contributed by atoms with Crippen LogP contribution >= 0.6 is 0 Å². The Hall–Kier alpha value is -2.18. The van der Waals surface area contributed by atoms with Crippen LogP contribution in [0, 0.1) is 17.0 Å². The van der Waals surface area contributed by atoms with Gasteiger partial charge in [-0.2, -0.15) is 0 Å². The van der Waals surface area contributed by atoms with Gasteiger partial charge in [0.15, 0.2) is 0 Å². The summed E-state index contributed by atoms with van der Waals surface area (Å²) in [7, 11) is 0. The van der Waals surface area contributed by atoms with E-state index in [4.69, 9.17) is 5.11 Å². The van der Waals surface area contributed by atoms with E-state index in [2.05, 4.69) is 10.6 Å². The molecule has 1 atom stereocenters. The first-order chi connectivity index (χ1) is 9.61. The number of carboxylic acids is 1. The minimum Gasteiger partial charge on any atom is -0.480 e. The molecule has 0 aliphatic heterocycles. The van der Waals surface area contributed by atoms with Gasteiger partial charge >= 0.3 is 12.0 Å². The van der Waals surface area contributed by atoms with E-state index in [-0.39, 0.29) is 12.1 Å². The van der Waals surface area contributed by atoms with Crippen molar-refractivity contribution in [3.05, 3.63) is 35.4 Å². The number of halogens is 2. The molecule has 0 radical (unpaired) electrons. The van der Waals surface area contributed by atoms with Crippen LogP contribution in [-0.4, -0.2) is 23.1 Å². The first-order valence-corrected chi connectivity index (χ1v) is 6.32.